The van der Waals surface area contributed by atoms with Gasteiger partial charge in [-0.3, -0.25) is 4.79 Å². The SMILES string of the molecule is Cc1ccc(-c2ccc3c(N)c(C(=O)c4c([O-])on[n+]4-c4ccc(OC(F)(F)F)cc4)sc3n2)cc1. The summed E-state index contributed by atoms with van der Waals surface area (Å²) in [5, 5.41) is 16.5. The molecule has 5 rings (SSSR count). The standard InChI is InChI=1S/C24H15F3N4O4S/c1-12-2-4-13(5-3-12)17-11-10-16-18(28)21(36-22(16)29-17)20(32)19-23(33)35-30-31(19)14-6-8-15(9-7-14)34-24(25,26)27/h2-11H,1H3,(H2-,28,30,32,33). The van der Waals surface area contributed by atoms with E-state index < -0.39 is 29.5 Å². The van der Waals surface area contributed by atoms with E-state index >= 15 is 0 Å². The fourth-order valence-electron chi connectivity index (χ4n) is 3.56. The zero-order valence-corrected chi connectivity index (χ0v) is 19.2. The molecule has 0 radical (unpaired) electrons. The molecule has 5 aromatic rings. The fourth-order valence-corrected chi connectivity index (χ4v) is 4.60. The van der Waals surface area contributed by atoms with E-state index in [0.717, 1.165) is 39.3 Å². The van der Waals surface area contributed by atoms with E-state index in [4.69, 9.17) is 5.73 Å². The molecule has 36 heavy (non-hydrogen) atoms. The topological polar surface area (TPSA) is 118 Å². The zero-order chi connectivity index (χ0) is 25.6. The van der Waals surface area contributed by atoms with E-state index in [0.29, 0.717) is 15.9 Å². The highest BCUT2D eigenvalue weighted by atomic mass is 32.1. The van der Waals surface area contributed by atoms with E-state index in [9.17, 15) is 23.1 Å². The van der Waals surface area contributed by atoms with Crippen LogP contribution in [0, 0.1) is 6.92 Å². The Morgan fingerprint density at radius 2 is 1.78 bits per heavy atom. The zero-order valence-electron chi connectivity index (χ0n) is 18.4. The van der Waals surface area contributed by atoms with Gasteiger partial charge in [-0.15, -0.1) is 24.5 Å². The number of anilines is 1. The van der Waals surface area contributed by atoms with Crippen LogP contribution in [0.15, 0.2) is 65.2 Å². The number of nitrogens with zero attached hydrogens (tertiary/aromatic N) is 3. The first-order chi connectivity index (χ1) is 17.1. The minimum atomic E-state index is -4.86. The van der Waals surface area contributed by atoms with Crippen molar-refractivity contribution in [3.63, 3.8) is 0 Å². The summed E-state index contributed by atoms with van der Waals surface area (Å²) in [7, 11) is 0. The number of hydrogen-bond donors (Lipinski definition) is 1. The van der Waals surface area contributed by atoms with Crippen molar-refractivity contribution in [2.24, 2.45) is 0 Å². The lowest BCUT2D eigenvalue weighted by atomic mass is 10.1. The Morgan fingerprint density at radius 3 is 2.44 bits per heavy atom. The molecule has 0 atom stereocenters. The van der Waals surface area contributed by atoms with Crippen molar-refractivity contribution in [1.82, 2.24) is 10.3 Å². The fraction of sp³-hybridized carbons (Fsp3) is 0.0833. The summed E-state index contributed by atoms with van der Waals surface area (Å²) in [6, 6.07) is 15.8. The van der Waals surface area contributed by atoms with Gasteiger partial charge in [-0.2, -0.15) is 0 Å². The third-order valence-electron chi connectivity index (χ3n) is 5.29. The number of alkyl halides is 3. The van der Waals surface area contributed by atoms with Crippen LogP contribution in [0.25, 0.3) is 27.2 Å². The highest BCUT2D eigenvalue weighted by Crippen LogP contribution is 2.36. The lowest BCUT2D eigenvalue weighted by Crippen LogP contribution is -2.39. The van der Waals surface area contributed by atoms with Crippen molar-refractivity contribution in [3.05, 3.63) is 76.8 Å². The van der Waals surface area contributed by atoms with Crippen LogP contribution >= 0.6 is 11.3 Å². The van der Waals surface area contributed by atoms with Gasteiger partial charge < -0.3 is 20.1 Å². The number of ketones is 1. The summed E-state index contributed by atoms with van der Waals surface area (Å²) in [6.45, 7) is 1.98. The maximum atomic E-state index is 13.4. The van der Waals surface area contributed by atoms with E-state index in [-0.39, 0.29) is 16.3 Å². The number of benzene rings is 2. The number of fused-ring (bicyclic) bond motifs is 1. The van der Waals surface area contributed by atoms with Gasteiger partial charge >= 0.3 is 12.1 Å². The van der Waals surface area contributed by atoms with Gasteiger partial charge in [0.25, 0.3) is 5.78 Å². The third-order valence-corrected chi connectivity index (χ3v) is 6.40. The number of carbonyl (C=O) groups is 1. The molecule has 2 N–H and O–H groups in total. The van der Waals surface area contributed by atoms with Crippen LogP contribution in [-0.4, -0.2) is 22.4 Å². The number of ether oxygens (including phenoxy) is 1. The van der Waals surface area contributed by atoms with Gasteiger partial charge in [-0.1, -0.05) is 29.8 Å². The molecule has 182 valence electrons. The molecule has 0 fully saturated rings. The van der Waals surface area contributed by atoms with E-state index in [2.05, 4.69) is 19.5 Å². The maximum absolute atomic E-state index is 13.4. The molecule has 3 aromatic heterocycles. The minimum absolute atomic E-state index is 0.0598. The Morgan fingerprint density at radius 1 is 1.08 bits per heavy atom. The van der Waals surface area contributed by atoms with Crippen molar-refractivity contribution in [2.75, 3.05) is 5.73 Å². The molecule has 2 aromatic carbocycles. The molecule has 0 aliphatic rings. The Balaban J connectivity index is 1.51. The van der Waals surface area contributed by atoms with Crippen molar-refractivity contribution >= 4 is 33.0 Å². The predicted molar refractivity (Wildman–Crippen MR) is 122 cm³/mol. The first-order valence-electron chi connectivity index (χ1n) is 10.4. The number of thiophene rings is 1. The van der Waals surface area contributed by atoms with Crippen LogP contribution < -0.4 is 20.3 Å². The Kier molecular flexibility index (Phi) is 5.59. The molecule has 8 nitrogen and oxygen atoms in total. The lowest BCUT2D eigenvalue weighted by molar-refractivity contribution is -0.672. The first-order valence-corrected chi connectivity index (χ1v) is 11.2. The summed E-state index contributed by atoms with van der Waals surface area (Å²) in [5.41, 5.74) is 8.71. The second-order valence-electron chi connectivity index (χ2n) is 7.75. The highest BCUT2D eigenvalue weighted by Gasteiger charge is 2.33. The number of nitrogen functional groups attached to an aromatic ring is 1. The van der Waals surface area contributed by atoms with Gasteiger partial charge in [0.2, 0.25) is 5.69 Å². The van der Waals surface area contributed by atoms with Gasteiger partial charge in [0, 0.05) is 23.1 Å². The maximum Gasteiger partial charge on any atom is 0.573 e. The van der Waals surface area contributed by atoms with Gasteiger partial charge in [0.1, 0.15) is 15.5 Å². The molecule has 0 bridgehead atoms. The van der Waals surface area contributed by atoms with Crippen LogP contribution in [0.4, 0.5) is 18.9 Å². The van der Waals surface area contributed by atoms with Crippen LogP contribution in [0.1, 0.15) is 20.9 Å². The second-order valence-corrected chi connectivity index (χ2v) is 8.75. The van der Waals surface area contributed by atoms with Crippen molar-refractivity contribution in [1.29, 1.82) is 0 Å². The quantitative estimate of drug-likeness (QED) is 0.275. The van der Waals surface area contributed by atoms with E-state index in [1.165, 1.54) is 12.1 Å². The summed E-state index contributed by atoms with van der Waals surface area (Å²) >= 11 is 1.01. The smallest absolute Gasteiger partial charge is 0.539 e. The molecular formula is C24H15F3N4O4S. The Hall–Kier alpha value is -4.45. The number of rotatable bonds is 5. The van der Waals surface area contributed by atoms with Crippen LogP contribution in [0.2, 0.25) is 0 Å². The molecule has 0 saturated heterocycles. The second kappa shape index (κ2) is 8.64. The lowest BCUT2D eigenvalue weighted by Gasteiger charge is -2.07. The Labute approximate surface area is 205 Å². The van der Waals surface area contributed by atoms with Gasteiger partial charge in [-0.05, 0) is 35.9 Å². The molecule has 3 heterocycles. The third kappa shape index (κ3) is 4.33. The van der Waals surface area contributed by atoms with E-state index in [1.54, 1.807) is 12.1 Å². The molecule has 0 aliphatic carbocycles. The van der Waals surface area contributed by atoms with E-state index in [1.807, 2.05) is 31.2 Å². The number of pyridine rings is 1. The highest BCUT2D eigenvalue weighted by molar-refractivity contribution is 7.21. The van der Waals surface area contributed by atoms with Gasteiger partial charge in [0.05, 0.1) is 16.7 Å². The Bertz CT molecular complexity index is 1590. The van der Waals surface area contributed by atoms with Gasteiger partial charge in [0.15, 0.2) is 5.95 Å². The number of halogens is 3. The minimum Gasteiger partial charge on any atom is -0.539 e. The molecule has 0 aliphatic heterocycles. The number of aromatic nitrogens is 3. The molecule has 0 spiro atoms. The summed E-state index contributed by atoms with van der Waals surface area (Å²) in [4.78, 5) is 18.5. The number of aryl methyl sites for hydroxylation is 1. The van der Waals surface area contributed by atoms with Crippen molar-refractivity contribution in [2.45, 2.75) is 13.3 Å². The van der Waals surface area contributed by atoms with Crippen molar-refractivity contribution < 1.29 is 37.0 Å². The molecule has 12 heteroatoms. The van der Waals surface area contributed by atoms with Gasteiger partial charge in [-0.25, -0.2) is 4.98 Å². The predicted octanol–water partition coefficient (Wildman–Crippen LogP) is 4.32. The largest absolute Gasteiger partial charge is 0.573 e. The number of nitrogens with two attached hydrogens (primary N) is 1. The van der Waals surface area contributed by atoms with Crippen LogP contribution in [0.5, 0.6) is 11.7 Å². The van der Waals surface area contributed by atoms with Crippen LogP contribution in [-0.2, 0) is 0 Å². The molecule has 0 saturated carbocycles. The first kappa shape index (κ1) is 23.3. The van der Waals surface area contributed by atoms with Crippen molar-refractivity contribution in [3.8, 4) is 28.6 Å². The molecular weight excluding hydrogens is 497 g/mol. The number of carbonyl (C=O) groups excluding carboxylic acids is 1. The molecule has 0 unspecified atom stereocenters. The normalized spacial score (nSPS) is 11.7. The number of hydrogen-bond acceptors (Lipinski definition) is 8. The summed E-state index contributed by atoms with van der Waals surface area (Å²) < 4.78 is 46.7. The van der Waals surface area contributed by atoms with Crippen LogP contribution in [0.3, 0.4) is 0 Å². The average Bonchev–Trinajstić information content (AvgIpc) is 3.38. The molecule has 0 amide bonds. The summed E-state index contributed by atoms with van der Waals surface area (Å²) in [6.07, 6.45) is -4.86. The monoisotopic (exact) mass is 512 g/mol. The average molecular weight is 512 g/mol. The summed E-state index contributed by atoms with van der Waals surface area (Å²) in [5.74, 6) is -2.26.